The lowest BCUT2D eigenvalue weighted by molar-refractivity contribution is -0.870. The molecule has 9 nitrogen and oxygen atoms in total. The van der Waals surface area contributed by atoms with Gasteiger partial charge in [0.05, 0.1) is 33.8 Å². The van der Waals surface area contributed by atoms with Crippen LogP contribution in [0.4, 0.5) is 0 Å². The van der Waals surface area contributed by atoms with Gasteiger partial charge in [0.25, 0.3) is 0 Å². The molecule has 0 bridgehead atoms. The van der Waals surface area contributed by atoms with Gasteiger partial charge in [-0.05, 0) is 76.7 Å². The van der Waals surface area contributed by atoms with E-state index < -0.39 is 20.0 Å². The Kier molecular flexibility index (Phi) is 66.4. The maximum absolute atomic E-state index is 13.7. The molecule has 0 saturated heterocycles. The van der Waals surface area contributed by atoms with Gasteiger partial charge in [-0.3, -0.25) is 18.6 Å². The quantitative estimate of drug-likeness (QED) is 0.0205. The summed E-state index contributed by atoms with van der Waals surface area (Å²) < 4.78 is 30.9. The third kappa shape index (κ3) is 69.6. The maximum atomic E-state index is 13.7. The number of carbonyl (C=O) groups is 2. The van der Waals surface area contributed by atoms with Crippen LogP contribution < -0.4 is 5.32 Å². The minimum Gasteiger partial charge on any atom is -0.456 e. The maximum Gasteiger partial charge on any atom is 0.472 e. The number of rotatable bonds is 70. The number of phosphoric acid groups is 1. The molecular weight excluding hydrogens is 1120 g/mol. The highest BCUT2D eigenvalue weighted by Gasteiger charge is 2.30. The molecule has 0 fully saturated rings. The van der Waals surface area contributed by atoms with Crippen LogP contribution >= 0.6 is 7.82 Å². The summed E-state index contributed by atoms with van der Waals surface area (Å²) in [6, 6.07) is -0.852. The van der Waals surface area contributed by atoms with E-state index in [2.05, 4.69) is 92.9 Å². The van der Waals surface area contributed by atoms with Crippen molar-refractivity contribution in [2.75, 3.05) is 40.9 Å². The van der Waals surface area contributed by atoms with Crippen LogP contribution in [0.25, 0.3) is 0 Å². The SMILES string of the molecule is CC/C=C\C/C=C\C/C=C\C/C=C\C/C=C\CCCCCCCCCCCCCC(=O)NC(COP(=O)(O)OCC[N+](C)(C)C)C(/C=C/CCCCCCCCCCCCC)OC(=O)CCCCCCCCCCCCCCCCCCCCCCCCC. The van der Waals surface area contributed by atoms with Gasteiger partial charge in [-0.2, -0.15) is 0 Å². The highest BCUT2D eigenvalue weighted by molar-refractivity contribution is 7.47. The number of phosphoric ester groups is 1. The number of quaternary nitrogens is 1. The number of esters is 1. The van der Waals surface area contributed by atoms with Crippen molar-refractivity contribution in [3.63, 3.8) is 0 Å². The molecule has 0 aromatic carbocycles. The van der Waals surface area contributed by atoms with Crippen LogP contribution in [0.15, 0.2) is 72.9 Å². The number of nitrogens with one attached hydrogen (secondary N) is 1. The Morgan fingerprint density at radius 1 is 0.404 bits per heavy atom. The van der Waals surface area contributed by atoms with Gasteiger partial charge in [0.1, 0.15) is 19.3 Å². The molecule has 2 N–H and O–H groups in total. The number of allylic oxidation sites excluding steroid dienone is 11. The van der Waals surface area contributed by atoms with Gasteiger partial charge < -0.3 is 19.4 Å². The second-order valence-corrected chi connectivity index (χ2v) is 28.6. The Morgan fingerprint density at radius 3 is 1.08 bits per heavy atom. The average Bonchev–Trinajstić information content (AvgIpc) is 3.65. The number of ether oxygens (including phenoxy) is 1. The lowest BCUT2D eigenvalue weighted by Crippen LogP contribution is -2.47. The van der Waals surface area contributed by atoms with Crippen LogP contribution in [0.1, 0.15) is 367 Å². The van der Waals surface area contributed by atoms with Gasteiger partial charge in [-0.25, -0.2) is 4.57 Å². The molecule has 0 aliphatic carbocycles. The lowest BCUT2D eigenvalue weighted by Gasteiger charge is -2.27. The molecule has 0 aromatic rings. The molecule has 10 heteroatoms. The summed E-state index contributed by atoms with van der Waals surface area (Å²) in [4.78, 5) is 38.0. The zero-order valence-electron chi connectivity index (χ0n) is 59.7. The van der Waals surface area contributed by atoms with Crippen molar-refractivity contribution in [1.29, 1.82) is 0 Å². The van der Waals surface area contributed by atoms with E-state index in [-0.39, 0.29) is 25.1 Å². The molecule has 520 valence electrons. The van der Waals surface area contributed by atoms with Gasteiger partial charge in [0, 0.05) is 12.8 Å². The Morgan fingerprint density at radius 2 is 0.719 bits per heavy atom. The molecule has 0 rings (SSSR count). The summed E-state index contributed by atoms with van der Waals surface area (Å²) in [5.41, 5.74) is 0. The normalized spacial score (nSPS) is 13.8. The van der Waals surface area contributed by atoms with Crippen molar-refractivity contribution in [2.45, 2.75) is 380 Å². The Hall–Kier alpha value is -2.55. The van der Waals surface area contributed by atoms with Gasteiger partial charge in [-0.15, -0.1) is 0 Å². The van der Waals surface area contributed by atoms with E-state index in [1.807, 2.05) is 27.2 Å². The molecule has 0 aliphatic heterocycles. The van der Waals surface area contributed by atoms with E-state index in [0.29, 0.717) is 23.9 Å². The van der Waals surface area contributed by atoms with E-state index in [1.165, 1.54) is 244 Å². The molecule has 89 heavy (non-hydrogen) atoms. The minimum atomic E-state index is -4.46. The van der Waals surface area contributed by atoms with Crippen molar-refractivity contribution < 1.29 is 37.3 Å². The number of amides is 1. The van der Waals surface area contributed by atoms with Gasteiger partial charge in [-0.1, -0.05) is 351 Å². The van der Waals surface area contributed by atoms with E-state index in [1.54, 1.807) is 0 Å². The molecule has 3 unspecified atom stereocenters. The minimum absolute atomic E-state index is 0.0398. The van der Waals surface area contributed by atoms with Crippen molar-refractivity contribution in [2.24, 2.45) is 0 Å². The highest BCUT2D eigenvalue weighted by atomic mass is 31.2. The predicted octanol–water partition coefficient (Wildman–Crippen LogP) is 24.7. The lowest BCUT2D eigenvalue weighted by atomic mass is 10.0. The summed E-state index contributed by atoms with van der Waals surface area (Å²) in [6.45, 7) is 6.96. The zero-order valence-corrected chi connectivity index (χ0v) is 60.6. The monoisotopic (exact) mass is 1270 g/mol. The molecule has 0 heterocycles. The van der Waals surface area contributed by atoms with Gasteiger partial charge in [0.15, 0.2) is 0 Å². The van der Waals surface area contributed by atoms with Crippen LogP contribution in [-0.2, 0) is 27.9 Å². The Labute approximate surface area is 553 Å². The molecule has 0 saturated carbocycles. The van der Waals surface area contributed by atoms with Crippen LogP contribution in [0.3, 0.4) is 0 Å². The fraction of sp³-hybridized carbons (Fsp3) is 0.823. The first-order valence-electron chi connectivity index (χ1n) is 38.3. The van der Waals surface area contributed by atoms with E-state index in [0.717, 1.165) is 89.9 Å². The Balaban J connectivity index is 5.01. The zero-order chi connectivity index (χ0) is 64.9. The standard InChI is InChI=1S/C79H147N2O7P/c1-7-10-13-16-19-22-25-28-30-32-34-36-38-39-40-41-43-44-46-48-50-53-56-59-62-65-68-71-78(82)80-76(75-87-89(84,85)86-74-73-81(4,5)6)77(70-67-64-61-58-55-52-27-24-21-18-15-12-9-3)88-79(83)72-69-66-63-60-57-54-51-49-47-45-42-37-35-33-31-29-26-23-20-17-14-11-8-2/h10,13,19,22,28,30,34,36,39-40,67,70,76-77H,7-9,11-12,14-18,20-21,23-27,29,31-33,35,37-38,41-66,68-69,71-75H2,1-6H3,(H-,80,82,84,85)/p+1/b13-10-,22-19-,30-28-,36-34-,40-39-,70-67+. The molecule has 1 amide bonds. The van der Waals surface area contributed by atoms with Crippen molar-refractivity contribution >= 4 is 19.7 Å². The molecular formula is C79H148N2O7P+. The number of unbranched alkanes of at least 4 members (excludes halogenated alkanes) is 44. The summed E-state index contributed by atoms with van der Waals surface area (Å²) in [5.74, 6) is -0.492. The number of hydrogen-bond acceptors (Lipinski definition) is 6. The van der Waals surface area contributed by atoms with Crippen LogP contribution in [0, 0.1) is 0 Å². The smallest absolute Gasteiger partial charge is 0.456 e. The van der Waals surface area contributed by atoms with E-state index in [4.69, 9.17) is 13.8 Å². The van der Waals surface area contributed by atoms with Crippen LogP contribution in [-0.4, -0.2) is 74.3 Å². The number of carbonyl (C=O) groups excluding carboxylic acids is 2. The summed E-state index contributed by atoms with van der Waals surface area (Å²) >= 11 is 0. The highest BCUT2D eigenvalue weighted by Crippen LogP contribution is 2.43. The number of likely N-dealkylation sites (N-methyl/N-ethyl adjacent to an activating group) is 1. The number of nitrogens with zero attached hydrogens (tertiary/aromatic N) is 1. The second kappa shape index (κ2) is 68.3. The van der Waals surface area contributed by atoms with Crippen LogP contribution in [0.2, 0.25) is 0 Å². The van der Waals surface area contributed by atoms with E-state index in [9.17, 15) is 19.0 Å². The summed E-state index contributed by atoms with van der Waals surface area (Å²) in [6.07, 6.45) is 90.7. The topological polar surface area (TPSA) is 111 Å². The largest absolute Gasteiger partial charge is 0.472 e. The molecule has 0 radical (unpaired) electrons. The fourth-order valence-electron chi connectivity index (χ4n) is 11.3. The first kappa shape index (κ1) is 86.5. The Bertz CT molecular complexity index is 1750. The third-order valence-corrected chi connectivity index (χ3v) is 18.1. The average molecular weight is 1270 g/mol. The summed E-state index contributed by atoms with van der Waals surface area (Å²) in [7, 11) is 1.50. The second-order valence-electron chi connectivity index (χ2n) is 27.2. The van der Waals surface area contributed by atoms with Crippen LogP contribution in [0.5, 0.6) is 0 Å². The molecule has 3 atom stereocenters. The van der Waals surface area contributed by atoms with Gasteiger partial charge in [0.2, 0.25) is 5.91 Å². The molecule has 0 aromatic heterocycles. The molecule has 0 aliphatic rings. The summed E-state index contributed by atoms with van der Waals surface area (Å²) in [5, 5.41) is 3.08. The predicted molar refractivity (Wildman–Crippen MR) is 388 cm³/mol. The first-order valence-corrected chi connectivity index (χ1v) is 39.8. The fourth-order valence-corrected chi connectivity index (χ4v) is 12.1. The van der Waals surface area contributed by atoms with Crippen molar-refractivity contribution in [3.8, 4) is 0 Å². The van der Waals surface area contributed by atoms with E-state index >= 15 is 0 Å². The molecule has 0 spiro atoms. The number of hydrogen-bond donors (Lipinski definition) is 2. The first-order chi connectivity index (χ1) is 43.4. The van der Waals surface area contributed by atoms with Gasteiger partial charge >= 0.3 is 13.8 Å². The van der Waals surface area contributed by atoms with Crippen molar-refractivity contribution in [1.82, 2.24) is 5.32 Å². The third-order valence-electron chi connectivity index (χ3n) is 17.2. The van der Waals surface area contributed by atoms with Crippen molar-refractivity contribution in [3.05, 3.63) is 72.9 Å².